The van der Waals surface area contributed by atoms with Crippen LogP contribution in [0.25, 0.3) is 0 Å². The maximum Gasteiger partial charge on any atom is 0.119 e. The van der Waals surface area contributed by atoms with Crippen molar-refractivity contribution in [1.82, 2.24) is 5.32 Å². The SMILES string of the molecule is CC(C)Oc1ccc(C(O)C(C)NCc2ccco2)cc1. The molecule has 114 valence electrons. The minimum Gasteiger partial charge on any atom is -0.491 e. The van der Waals surface area contributed by atoms with Gasteiger partial charge in [0.05, 0.1) is 25.0 Å². The highest BCUT2D eigenvalue weighted by Gasteiger charge is 2.16. The second-order valence-electron chi connectivity index (χ2n) is 5.43. The van der Waals surface area contributed by atoms with Crippen LogP contribution in [0.2, 0.25) is 0 Å². The Morgan fingerprint density at radius 3 is 2.43 bits per heavy atom. The van der Waals surface area contributed by atoms with Crippen LogP contribution in [0.1, 0.15) is 38.2 Å². The van der Waals surface area contributed by atoms with Crippen LogP contribution in [0.3, 0.4) is 0 Å². The molecule has 0 aliphatic heterocycles. The van der Waals surface area contributed by atoms with Crippen molar-refractivity contribution in [2.24, 2.45) is 0 Å². The molecule has 0 saturated heterocycles. The molecule has 1 heterocycles. The molecule has 0 bridgehead atoms. The van der Waals surface area contributed by atoms with Gasteiger partial charge in [0, 0.05) is 6.04 Å². The lowest BCUT2D eigenvalue weighted by molar-refractivity contribution is 0.134. The van der Waals surface area contributed by atoms with Crippen LogP contribution < -0.4 is 10.1 Å². The van der Waals surface area contributed by atoms with Crippen LogP contribution in [-0.4, -0.2) is 17.3 Å². The molecule has 0 aliphatic rings. The normalized spacial score (nSPS) is 14.1. The molecule has 0 spiro atoms. The summed E-state index contributed by atoms with van der Waals surface area (Å²) in [6, 6.07) is 11.2. The van der Waals surface area contributed by atoms with Crippen molar-refractivity contribution >= 4 is 0 Å². The van der Waals surface area contributed by atoms with E-state index in [1.54, 1.807) is 6.26 Å². The molecule has 21 heavy (non-hydrogen) atoms. The summed E-state index contributed by atoms with van der Waals surface area (Å²) in [6.45, 7) is 6.53. The van der Waals surface area contributed by atoms with E-state index in [2.05, 4.69) is 5.32 Å². The summed E-state index contributed by atoms with van der Waals surface area (Å²) in [6.07, 6.45) is 1.22. The number of benzene rings is 1. The van der Waals surface area contributed by atoms with Crippen LogP contribution in [0.5, 0.6) is 5.75 Å². The van der Waals surface area contributed by atoms with Gasteiger partial charge < -0.3 is 19.6 Å². The van der Waals surface area contributed by atoms with Crippen molar-refractivity contribution < 1.29 is 14.3 Å². The number of ether oxygens (including phenoxy) is 1. The molecule has 2 unspecified atom stereocenters. The van der Waals surface area contributed by atoms with Crippen molar-refractivity contribution in [3.05, 3.63) is 54.0 Å². The molecule has 2 atom stereocenters. The number of hydrogen-bond donors (Lipinski definition) is 2. The van der Waals surface area contributed by atoms with Crippen molar-refractivity contribution in [3.63, 3.8) is 0 Å². The monoisotopic (exact) mass is 289 g/mol. The molecule has 1 aromatic heterocycles. The first-order valence-electron chi connectivity index (χ1n) is 7.26. The summed E-state index contributed by atoms with van der Waals surface area (Å²) < 4.78 is 10.9. The summed E-state index contributed by atoms with van der Waals surface area (Å²) in [5.74, 6) is 1.67. The maximum absolute atomic E-state index is 10.4. The molecule has 1 aromatic carbocycles. The van der Waals surface area contributed by atoms with Gasteiger partial charge in [-0.2, -0.15) is 0 Å². The third-order valence-electron chi connectivity index (χ3n) is 3.25. The molecule has 0 radical (unpaired) electrons. The summed E-state index contributed by atoms with van der Waals surface area (Å²) in [4.78, 5) is 0. The zero-order valence-electron chi connectivity index (χ0n) is 12.7. The van der Waals surface area contributed by atoms with Gasteiger partial charge in [0.2, 0.25) is 0 Å². The van der Waals surface area contributed by atoms with Gasteiger partial charge in [-0.1, -0.05) is 12.1 Å². The number of aliphatic hydroxyl groups is 1. The van der Waals surface area contributed by atoms with Crippen LogP contribution in [0, 0.1) is 0 Å². The lowest BCUT2D eigenvalue weighted by atomic mass is 10.0. The molecule has 4 nitrogen and oxygen atoms in total. The predicted molar refractivity (Wildman–Crippen MR) is 82.2 cm³/mol. The van der Waals surface area contributed by atoms with Crippen LogP contribution >= 0.6 is 0 Å². The van der Waals surface area contributed by atoms with Gasteiger partial charge in [-0.25, -0.2) is 0 Å². The number of nitrogens with one attached hydrogen (secondary N) is 1. The van der Waals surface area contributed by atoms with E-state index in [1.165, 1.54) is 0 Å². The average molecular weight is 289 g/mol. The fraction of sp³-hybridized carbons (Fsp3) is 0.412. The minimum absolute atomic E-state index is 0.0769. The van der Waals surface area contributed by atoms with Crippen molar-refractivity contribution in [3.8, 4) is 5.75 Å². The first kappa shape index (κ1) is 15.6. The van der Waals surface area contributed by atoms with Crippen molar-refractivity contribution in [1.29, 1.82) is 0 Å². The molecular formula is C17H23NO3. The molecule has 2 rings (SSSR count). The molecule has 2 aromatic rings. The Kier molecular flexibility index (Phi) is 5.42. The third-order valence-corrected chi connectivity index (χ3v) is 3.25. The van der Waals surface area contributed by atoms with Crippen LogP contribution in [0.15, 0.2) is 47.1 Å². The van der Waals surface area contributed by atoms with Crippen LogP contribution in [-0.2, 0) is 6.54 Å². The zero-order chi connectivity index (χ0) is 15.2. The number of rotatable bonds is 7. The van der Waals surface area contributed by atoms with E-state index < -0.39 is 6.10 Å². The highest BCUT2D eigenvalue weighted by atomic mass is 16.5. The fourth-order valence-electron chi connectivity index (χ4n) is 2.09. The van der Waals surface area contributed by atoms with E-state index >= 15 is 0 Å². The largest absolute Gasteiger partial charge is 0.491 e. The number of hydrogen-bond acceptors (Lipinski definition) is 4. The van der Waals surface area contributed by atoms with Crippen LogP contribution in [0.4, 0.5) is 0 Å². The van der Waals surface area contributed by atoms with E-state index in [9.17, 15) is 5.11 Å². The quantitative estimate of drug-likeness (QED) is 0.821. The van der Waals surface area contributed by atoms with Gasteiger partial charge in [0.1, 0.15) is 11.5 Å². The fourth-order valence-corrected chi connectivity index (χ4v) is 2.09. The van der Waals surface area contributed by atoms with Gasteiger partial charge in [-0.05, 0) is 50.6 Å². The summed E-state index contributed by atoms with van der Waals surface area (Å²) in [7, 11) is 0. The zero-order valence-corrected chi connectivity index (χ0v) is 12.7. The molecule has 0 aliphatic carbocycles. The lowest BCUT2D eigenvalue weighted by Gasteiger charge is -2.20. The first-order valence-corrected chi connectivity index (χ1v) is 7.26. The Hall–Kier alpha value is -1.78. The Balaban J connectivity index is 1.90. The average Bonchev–Trinajstić information content (AvgIpc) is 2.97. The van der Waals surface area contributed by atoms with E-state index in [0.29, 0.717) is 6.54 Å². The van der Waals surface area contributed by atoms with E-state index in [4.69, 9.17) is 9.15 Å². The lowest BCUT2D eigenvalue weighted by Crippen LogP contribution is -2.31. The second kappa shape index (κ2) is 7.29. The highest BCUT2D eigenvalue weighted by Crippen LogP contribution is 2.21. The number of furan rings is 1. The molecule has 0 saturated carbocycles. The molecule has 0 amide bonds. The summed E-state index contributed by atoms with van der Waals surface area (Å²) >= 11 is 0. The van der Waals surface area contributed by atoms with Crippen molar-refractivity contribution in [2.45, 2.75) is 45.6 Å². The first-order chi connectivity index (χ1) is 10.1. The van der Waals surface area contributed by atoms with Gasteiger partial charge >= 0.3 is 0 Å². The standard InChI is InChI=1S/C17H23NO3/c1-12(2)21-15-8-6-14(7-9-15)17(19)13(3)18-11-16-5-4-10-20-16/h4-10,12-13,17-19H,11H2,1-3H3. The Morgan fingerprint density at radius 1 is 1.14 bits per heavy atom. The van der Waals surface area contributed by atoms with E-state index in [0.717, 1.165) is 17.1 Å². The minimum atomic E-state index is -0.576. The summed E-state index contributed by atoms with van der Waals surface area (Å²) in [5.41, 5.74) is 0.866. The Morgan fingerprint density at radius 2 is 1.86 bits per heavy atom. The number of aliphatic hydroxyl groups excluding tert-OH is 1. The Labute approximate surface area is 125 Å². The van der Waals surface area contributed by atoms with Gasteiger partial charge in [0.15, 0.2) is 0 Å². The van der Waals surface area contributed by atoms with E-state index in [1.807, 2.05) is 57.2 Å². The van der Waals surface area contributed by atoms with E-state index in [-0.39, 0.29) is 12.1 Å². The smallest absolute Gasteiger partial charge is 0.119 e. The summed E-state index contributed by atoms with van der Waals surface area (Å²) in [5, 5.41) is 13.6. The van der Waals surface area contributed by atoms with Gasteiger partial charge in [-0.15, -0.1) is 0 Å². The second-order valence-corrected chi connectivity index (χ2v) is 5.43. The van der Waals surface area contributed by atoms with Crippen molar-refractivity contribution in [2.75, 3.05) is 0 Å². The topological polar surface area (TPSA) is 54.6 Å². The van der Waals surface area contributed by atoms with Gasteiger partial charge in [0.25, 0.3) is 0 Å². The third kappa shape index (κ3) is 4.62. The molecule has 4 heteroatoms. The predicted octanol–water partition coefficient (Wildman–Crippen LogP) is 3.28. The van der Waals surface area contributed by atoms with Gasteiger partial charge in [-0.3, -0.25) is 0 Å². The Bertz CT molecular complexity index is 519. The molecular weight excluding hydrogens is 266 g/mol. The maximum atomic E-state index is 10.4. The molecule has 0 fully saturated rings. The highest BCUT2D eigenvalue weighted by molar-refractivity contribution is 5.29. The molecule has 2 N–H and O–H groups in total.